The smallest absolute Gasteiger partial charge is 0.261 e. The van der Waals surface area contributed by atoms with E-state index in [-0.39, 0.29) is 11.5 Å². The van der Waals surface area contributed by atoms with Gasteiger partial charge in [-0.15, -0.1) is 0 Å². The van der Waals surface area contributed by atoms with E-state index in [1.54, 1.807) is 46.9 Å². The first-order chi connectivity index (χ1) is 16.5. The van der Waals surface area contributed by atoms with Gasteiger partial charge < -0.3 is 15.4 Å². The minimum Gasteiger partial charge on any atom is -0.383 e. The van der Waals surface area contributed by atoms with Gasteiger partial charge in [0.2, 0.25) is 0 Å². The van der Waals surface area contributed by atoms with Gasteiger partial charge in [0.05, 0.1) is 30.1 Å². The summed E-state index contributed by atoms with van der Waals surface area (Å²) in [5.41, 5.74) is 6.60. The molecular formula is C26H33ClN4O3. The Morgan fingerprint density at radius 1 is 1.15 bits per heavy atom. The van der Waals surface area contributed by atoms with E-state index in [1.165, 1.54) is 0 Å². The number of amides is 1. The van der Waals surface area contributed by atoms with Crippen molar-refractivity contribution in [2.24, 2.45) is 5.73 Å². The highest BCUT2D eigenvalue weighted by molar-refractivity contribution is 6.30. The molecule has 0 saturated heterocycles. The number of rotatable bonds is 12. The second-order valence-electron chi connectivity index (χ2n) is 8.32. The number of carbonyl (C=O) groups excluding carboxylic acids is 1. The zero-order valence-electron chi connectivity index (χ0n) is 19.9. The molecule has 1 unspecified atom stereocenters. The first kappa shape index (κ1) is 25.9. The predicted octanol–water partition coefficient (Wildman–Crippen LogP) is 4.42. The van der Waals surface area contributed by atoms with Crippen LogP contribution in [0.3, 0.4) is 0 Å². The van der Waals surface area contributed by atoms with Crippen molar-refractivity contribution in [2.45, 2.75) is 45.2 Å². The van der Waals surface area contributed by atoms with Crippen LogP contribution in [0.1, 0.15) is 54.8 Å². The van der Waals surface area contributed by atoms with E-state index in [0.717, 1.165) is 25.7 Å². The Kier molecular flexibility index (Phi) is 9.62. The van der Waals surface area contributed by atoms with Crippen LogP contribution in [0.2, 0.25) is 5.02 Å². The van der Waals surface area contributed by atoms with Gasteiger partial charge in [0.1, 0.15) is 5.82 Å². The highest BCUT2D eigenvalue weighted by Gasteiger charge is 2.27. The summed E-state index contributed by atoms with van der Waals surface area (Å²) >= 11 is 6.17. The minimum atomic E-state index is -0.435. The van der Waals surface area contributed by atoms with Gasteiger partial charge in [-0.05, 0) is 56.6 Å². The SMILES string of the molecule is COCCn1c(C(C)N(CCCCCCN)C(=O)c2cccc(Cl)c2)nc2ccccc2c1=O. The van der Waals surface area contributed by atoms with Crippen molar-refractivity contribution in [2.75, 3.05) is 26.8 Å². The van der Waals surface area contributed by atoms with E-state index in [4.69, 9.17) is 27.1 Å². The number of hydrogen-bond donors (Lipinski definition) is 1. The summed E-state index contributed by atoms with van der Waals surface area (Å²) < 4.78 is 6.88. The molecule has 8 heteroatoms. The molecule has 2 N–H and O–H groups in total. The van der Waals surface area contributed by atoms with E-state index in [0.29, 0.717) is 53.6 Å². The van der Waals surface area contributed by atoms with Crippen molar-refractivity contribution < 1.29 is 9.53 Å². The normalized spacial score (nSPS) is 12.1. The lowest BCUT2D eigenvalue weighted by Gasteiger charge is -2.31. The molecule has 0 aliphatic rings. The molecule has 3 rings (SSSR count). The molecule has 3 aromatic rings. The van der Waals surface area contributed by atoms with E-state index in [9.17, 15) is 9.59 Å². The zero-order chi connectivity index (χ0) is 24.5. The highest BCUT2D eigenvalue weighted by atomic mass is 35.5. The molecule has 0 bridgehead atoms. The molecule has 34 heavy (non-hydrogen) atoms. The molecule has 1 heterocycles. The number of aromatic nitrogens is 2. The fourth-order valence-electron chi connectivity index (χ4n) is 4.08. The highest BCUT2D eigenvalue weighted by Crippen LogP contribution is 2.24. The van der Waals surface area contributed by atoms with Crippen LogP contribution < -0.4 is 11.3 Å². The molecule has 0 spiro atoms. The fourth-order valence-corrected chi connectivity index (χ4v) is 4.27. The van der Waals surface area contributed by atoms with Crippen LogP contribution in [0.25, 0.3) is 10.9 Å². The molecule has 0 aliphatic heterocycles. The Morgan fingerprint density at radius 3 is 2.65 bits per heavy atom. The van der Waals surface area contributed by atoms with Crippen LogP contribution >= 0.6 is 11.6 Å². The van der Waals surface area contributed by atoms with Crippen molar-refractivity contribution in [1.29, 1.82) is 0 Å². The third-order valence-electron chi connectivity index (χ3n) is 5.94. The lowest BCUT2D eigenvalue weighted by molar-refractivity contribution is 0.0673. The van der Waals surface area contributed by atoms with E-state index >= 15 is 0 Å². The van der Waals surface area contributed by atoms with Crippen molar-refractivity contribution >= 4 is 28.4 Å². The Hall–Kier alpha value is -2.74. The Morgan fingerprint density at radius 2 is 1.91 bits per heavy atom. The molecule has 7 nitrogen and oxygen atoms in total. The predicted molar refractivity (Wildman–Crippen MR) is 136 cm³/mol. The average Bonchev–Trinajstić information content (AvgIpc) is 2.85. The van der Waals surface area contributed by atoms with Crippen LogP contribution in [0, 0.1) is 0 Å². The standard InChI is InChI=1S/C26H33ClN4O3/c1-19(24-29-23-13-6-5-12-22(23)26(33)31(24)16-17-34-2)30(15-8-4-3-7-14-28)25(32)20-10-9-11-21(27)18-20/h5-6,9-13,18-19H,3-4,7-8,14-17,28H2,1-2H3. The van der Waals surface area contributed by atoms with Gasteiger partial charge in [-0.1, -0.05) is 42.6 Å². The molecule has 0 aliphatic carbocycles. The average molecular weight is 485 g/mol. The first-order valence-corrected chi connectivity index (χ1v) is 12.1. The molecule has 1 aromatic heterocycles. The number of ether oxygens (including phenoxy) is 1. The third-order valence-corrected chi connectivity index (χ3v) is 6.17. The summed E-state index contributed by atoms with van der Waals surface area (Å²) in [6.45, 7) is 3.82. The van der Waals surface area contributed by atoms with Gasteiger partial charge in [-0.2, -0.15) is 0 Å². The molecule has 2 aromatic carbocycles. The first-order valence-electron chi connectivity index (χ1n) is 11.7. The van der Waals surface area contributed by atoms with Crippen molar-refractivity contribution in [3.05, 3.63) is 75.3 Å². The van der Waals surface area contributed by atoms with E-state index in [2.05, 4.69) is 0 Å². The number of benzene rings is 2. The van der Waals surface area contributed by atoms with Crippen molar-refractivity contribution in [3.63, 3.8) is 0 Å². The molecule has 1 atom stereocenters. The molecule has 1 amide bonds. The molecule has 182 valence electrons. The van der Waals surface area contributed by atoms with Gasteiger partial charge in [-0.3, -0.25) is 14.2 Å². The number of fused-ring (bicyclic) bond motifs is 1. The van der Waals surface area contributed by atoms with Gasteiger partial charge in [0, 0.05) is 24.2 Å². The van der Waals surface area contributed by atoms with E-state index in [1.807, 2.05) is 25.1 Å². The number of unbranched alkanes of at least 4 members (excludes halogenated alkanes) is 3. The van der Waals surface area contributed by atoms with Crippen LogP contribution in [0.5, 0.6) is 0 Å². The van der Waals surface area contributed by atoms with Crippen LogP contribution in [-0.4, -0.2) is 47.2 Å². The topological polar surface area (TPSA) is 90.4 Å². The van der Waals surface area contributed by atoms with Gasteiger partial charge in [-0.25, -0.2) is 4.98 Å². The van der Waals surface area contributed by atoms with Crippen LogP contribution in [-0.2, 0) is 11.3 Å². The Bertz CT molecular complexity index is 1160. The maximum Gasteiger partial charge on any atom is 0.261 e. The summed E-state index contributed by atoms with van der Waals surface area (Å²) in [5.74, 6) is 0.396. The number of nitrogens with zero attached hydrogens (tertiary/aromatic N) is 3. The summed E-state index contributed by atoms with van der Waals surface area (Å²) in [6, 6.07) is 13.8. The van der Waals surface area contributed by atoms with Crippen LogP contribution in [0.15, 0.2) is 53.3 Å². The number of methoxy groups -OCH3 is 1. The fraction of sp³-hybridized carbons (Fsp3) is 0.423. The van der Waals surface area contributed by atoms with Gasteiger partial charge in [0.25, 0.3) is 11.5 Å². The summed E-state index contributed by atoms with van der Waals surface area (Å²) in [7, 11) is 1.60. The molecule has 0 fully saturated rings. The maximum absolute atomic E-state index is 13.6. The van der Waals surface area contributed by atoms with Crippen LogP contribution in [0.4, 0.5) is 0 Å². The number of carbonyl (C=O) groups is 1. The third kappa shape index (κ3) is 6.23. The van der Waals surface area contributed by atoms with Crippen molar-refractivity contribution in [3.8, 4) is 0 Å². The molecule has 0 radical (unpaired) electrons. The largest absolute Gasteiger partial charge is 0.383 e. The summed E-state index contributed by atoms with van der Waals surface area (Å²) in [6.07, 6.45) is 3.76. The second-order valence-corrected chi connectivity index (χ2v) is 8.76. The quantitative estimate of drug-likeness (QED) is 0.384. The number of nitrogens with two attached hydrogens (primary N) is 1. The number of para-hydroxylation sites is 1. The second kappa shape index (κ2) is 12.6. The zero-order valence-corrected chi connectivity index (χ0v) is 20.6. The maximum atomic E-state index is 13.6. The lowest BCUT2D eigenvalue weighted by Crippen LogP contribution is -2.39. The Balaban J connectivity index is 2.02. The number of hydrogen-bond acceptors (Lipinski definition) is 5. The Labute approximate surface area is 205 Å². The lowest BCUT2D eigenvalue weighted by atomic mass is 10.1. The van der Waals surface area contributed by atoms with Gasteiger partial charge >= 0.3 is 0 Å². The molecule has 0 saturated carbocycles. The molecular weight excluding hydrogens is 452 g/mol. The number of halogens is 1. The van der Waals surface area contributed by atoms with Gasteiger partial charge in [0.15, 0.2) is 0 Å². The minimum absolute atomic E-state index is 0.136. The van der Waals surface area contributed by atoms with E-state index < -0.39 is 6.04 Å². The summed E-state index contributed by atoms with van der Waals surface area (Å²) in [5, 5.41) is 1.05. The monoisotopic (exact) mass is 484 g/mol. The summed E-state index contributed by atoms with van der Waals surface area (Å²) in [4.78, 5) is 33.6. The van der Waals surface area contributed by atoms with Crippen molar-refractivity contribution in [1.82, 2.24) is 14.5 Å².